The number of pyridine rings is 1. The second-order valence-corrected chi connectivity index (χ2v) is 19.4. The summed E-state index contributed by atoms with van der Waals surface area (Å²) in [7, 11) is -2.63. The lowest BCUT2D eigenvalue weighted by molar-refractivity contribution is -0.138. The molecule has 0 unspecified atom stereocenters. The van der Waals surface area contributed by atoms with Crippen molar-refractivity contribution in [3.63, 3.8) is 0 Å². The first-order valence-corrected chi connectivity index (χ1v) is 24.7. The quantitative estimate of drug-likeness (QED) is 0.0637. The topological polar surface area (TPSA) is 258 Å². The Morgan fingerprint density at radius 2 is 1.70 bits per heavy atom. The lowest BCUT2D eigenvalue weighted by Crippen LogP contribution is -2.54. The van der Waals surface area contributed by atoms with Gasteiger partial charge >= 0.3 is 5.97 Å². The Hall–Kier alpha value is -5.83. The Bertz CT molecular complexity index is 2700. The highest BCUT2D eigenvalue weighted by atomic mass is 35.5. The average molecular weight is 975 g/mol. The van der Waals surface area contributed by atoms with Gasteiger partial charge in [0.2, 0.25) is 23.6 Å². The van der Waals surface area contributed by atoms with E-state index in [1.54, 1.807) is 30.5 Å². The van der Waals surface area contributed by atoms with Gasteiger partial charge in [-0.15, -0.1) is 0 Å². The average Bonchev–Trinajstić information content (AvgIpc) is 3.70. The molecule has 6 rings (SSSR count). The predicted octanol–water partition coefficient (Wildman–Crippen LogP) is 4.45. The summed E-state index contributed by atoms with van der Waals surface area (Å²) in [5, 5.41) is 23.7. The minimum Gasteiger partial charge on any atom is -0.481 e. The molecule has 0 saturated heterocycles. The number of rotatable bonds is 16. The number of unbranched alkanes of at least 4 members (excludes halogenated alkanes) is 1. The first-order chi connectivity index (χ1) is 32.1. The van der Waals surface area contributed by atoms with Crippen molar-refractivity contribution in [2.24, 2.45) is 5.73 Å². The van der Waals surface area contributed by atoms with Crippen LogP contribution < -0.4 is 31.7 Å². The fraction of sp³-hybridized carbons (Fsp3) is 0.362. The number of nitrogens with one attached hydrogen (secondary N) is 6. The van der Waals surface area contributed by atoms with Crippen LogP contribution >= 0.6 is 23.4 Å². The third kappa shape index (κ3) is 13.6. The van der Waals surface area contributed by atoms with Gasteiger partial charge in [-0.05, 0) is 103 Å². The number of aliphatic carboxylic acids is 1. The molecule has 356 valence electrons. The number of likely N-dealkylation sites (N-methyl/N-ethyl adjacent to an activating group) is 1. The number of aromatic amines is 1. The zero-order valence-corrected chi connectivity index (χ0v) is 39.7. The van der Waals surface area contributed by atoms with Crippen LogP contribution in [0.15, 0.2) is 93.9 Å². The van der Waals surface area contributed by atoms with Crippen LogP contribution in [0.25, 0.3) is 22.0 Å². The van der Waals surface area contributed by atoms with Gasteiger partial charge in [0.25, 0.3) is 10.0 Å². The molecular weight excluding hydrogens is 918 g/mol. The van der Waals surface area contributed by atoms with E-state index in [2.05, 4.69) is 26.3 Å². The van der Waals surface area contributed by atoms with E-state index in [1.807, 2.05) is 41.3 Å². The number of sulfonamides is 1. The lowest BCUT2D eigenvalue weighted by atomic mass is 9.99. The summed E-state index contributed by atoms with van der Waals surface area (Å²) in [4.78, 5) is 75.0. The number of carboxylic acids is 1. The molecule has 20 heteroatoms. The van der Waals surface area contributed by atoms with Gasteiger partial charge in [-0.1, -0.05) is 59.8 Å². The molecule has 3 heterocycles. The minimum atomic E-state index is -4.12. The third-order valence-corrected chi connectivity index (χ3v) is 14.4. The number of nitrogens with zero attached hydrogens (tertiary/aromatic N) is 2. The van der Waals surface area contributed by atoms with Crippen LogP contribution in [0.3, 0.4) is 0 Å². The summed E-state index contributed by atoms with van der Waals surface area (Å²) in [6, 6.07) is 17.6. The maximum absolute atomic E-state index is 14.4. The summed E-state index contributed by atoms with van der Waals surface area (Å²) in [5.41, 5.74) is 11.3. The number of H-pyrrole nitrogens is 1. The molecule has 0 saturated carbocycles. The van der Waals surface area contributed by atoms with Crippen LogP contribution in [-0.4, -0.2) is 103 Å². The van der Waals surface area contributed by atoms with Gasteiger partial charge in [0.05, 0.1) is 28.9 Å². The van der Waals surface area contributed by atoms with Gasteiger partial charge < -0.3 is 42.0 Å². The number of carbonyl (C=O) groups excluding carboxylic acids is 4. The second-order valence-electron chi connectivity index (χ2n) is 16.3. The number of hydrogen-bond acceptors (Lipinski definition) is 12. The van der Waals surface area contributed by atoms with Gasteiger partial charge in [-0.2, -0.15) is 0 Å². The van der Waals surface area contributed by atoms with Crippen molar-refractivity contribution in [3.05, 3.63) is 106 Å². The Balaban J connectivity index is 1.46. The first kappa shape index (κ1) is 50.6. The van der Waals surface area contributed by atoms with Gasteiger partial charge in [0, 0.05) is 73.8 Å². The number of halogens is 1. The molecule has 5 aromatic rings. The van der Waals surface area contributed by atoms with Crippen LogP contribution in [0, 0.1) is 0 Å². The first-order valence-electron chi connectivity index (χ1n) is 22.0. The molecule has 9 N–H and O–H groups in total. The smallest absolute Gasteiger partial charge is 0.304 e. The van der Waals surface area contributed by atoms with E-state index in [0.717, 1.165) is 34.5 Å². The number of benzene rings is 3. The zero-order valence-electron chi connectivity index (χ0n) is 37.3. The zero-order chi connectivity index (χ0) is 48.1. The fourth-order valence-corrected chi connectivity index (χ4v) is 10.3. The summed E-state index contributed by atoms with van der Waals surface area (Å²) in [6.45, 7) is 2.00. The van der Waals surface area contributed by atoms with Gasteiger partial charge in [0.1, 0.15) is 11.1 Å². The molecule has 2 atom stereocenters. The normalized spacial score (nSPS) is 16.4. The van der Waals surface area contributed by atoms with Crippen molar-refractivity contribution in [3.8, 4) is 11.1 Å². The summed E-state index contributed by atoms with van der Waals surface area (Å²) < 4.78 is 27.7. The molecule has 1 aliphatic heterocycles. The standard InChI is InChI=1S/C47H56ClN9O8S2/c1-29(58)56-67(64,65)33-14-12-30(13-15-33)34-16-17-38(48)44-37(34)27-54-42(59)28-57(2)47(63)41(10-5-6-20-49)55-45(62)40(11-7-21-50-22-19-43(60)61)53-26-36-31(18-23-51-46(36)66-44)24-32-25-52-39-9-4-3-8-35(32)39/h3-4,8-9,12-18,23,25,40-41,50,52-53H,5-7,10-11,19-22,24,26-28,49H2,1-2H3,(H,54,59)(H,55,62)(H,56,58)(H,60,61)/t40-,41-/m0/s1. The van der Waals surface area contributed by atoms with E-state index in [9.17, 15) is 32.4 Å². The molecule has 0 spiro atoms. The SMILES string of the molecule is CC(=O)NS(=O)(=O)c1ccc(-c2ccc(Cl)c3c2CNC(=O)CN(C)C(=O)[C@H](CCCCN)NC(=O)[C@H](CCCNCCC(=O)O)NCc2c(Cc4c[nH]c5ccccc45)ccnc2S3)cc1. The Labute approximate surface area is 398 Å². The van der Waals surface area contributed by atoms with E-state index >= 15 is 0 Å². The van der Waals surface area contributed by atoms with Crippen LogP contribution in [0.4, 0.5) is 0 Å². The number of aromatic nitrogens is 2. The fourth-order valence-electron chi connectivity index (χ4n) is 7.88. The van der Waals surface area contributed by atoms with Gasteiger partial charge in [-0.3, -0.25) is 24.0 Å². The largest absolute Gasteiger partial charge is 0.481 e. The van der Waals surface area contributed by atoms with Crippen LogP contribution in [0.1, 0.15) is 67.7 Å². The highest BCUT2D eigenvalue weighted by Crippen LogP contribution is 2.42. The van der Waals surface area contributed by atoms with E-state index in [0.29, 0.717) is 76.8 Å². The maximum Gasteiger partial charge on any atom is 0.304 e. The van der Waals surface area contributed by atoms with E-state index in [-0.39, 0.29) is 43.9 Å². The molecular formula is C47H56ClN9O8S2. The number of hydrogen-bond donors (Lipinski definition) is 8. The molecule has 0 aliphatic carbocycles. The number of amides is 4. The second kappa shape index (κ2) is 23.8. The molecule has 2 aromatic heterocycles. The predicted molar refractivity (Wildman–Crippen MR) is 257 cm³/mol. The minimum absolute atomic E-state index is 0.0487. The molecule has 17 nitrogen and oxygen atoms in total. The number of nitrogens with two attached hydrogens (primary N) is 1. The monoisotopic (exact) mass is 973 g/mol. The Morgan fingerprint density at radius 3 is 2.45 bits per heavy atom. The van der Waals surface area contributed by atoms with Crippen molar-refractivity contribution >= 4 is 73.9 Å². The van der Waals surface area contributed by atoms with Crippen molar-refractivity contribution in [2.45, 2.75) is 91.9 Å². The number of para-hydroxylation sites is 1. The molecule has 1 aliphatic rings. The van der Waals surface area contributed by atoms with E-state index in [1.165, 1.54) is 35.8 Å². The maximum atomic E-state index is 14.4. The summed E-state index contributed by atoms with van der Waals surface area (Å²) >= 11 is 8.38. The van der Waals surface area contributed by atoms with Crippen molar-refractivity contribution in [1.82, 2.24) is 40.9 Å². The Kier molecular flexibility index (Phi) is 17.9. The van der Waals surface area contributed by atoms with E-state index in [4.69, 9.17) is 27.4 Å². The molecule has 0 radical (unpaired) electrons. The molecule has 0 bridgehead atoms. The lowest BCUT2D eigenvalue weighted by Gasteiger charge is -2.27. The number of fused-ring (bicyclic) bond motifs is 3. The molecule has 0 fully saturated rings. The highest BCUT2D eigenvalue weighted by molar-refractivity contribution is 7.99. The number of carboxylic acid groups (broad SMARTS) is 1. The molecule has 3 aromatic carbocycles. The Morgan fingerprint density at radius 1 is 0.940 bits per heavy atom. The number of carbonyl (C=O) groups is 5. The van der Waals surface area contributed by atoms with Crippen molar-refractivity contribution in [1.29, 1.82) is 0 Å². The van der Waals surface area contributed by atoms with Crippen LogP contribution in [0.5, 0.6) is 0 Å². The van der Waals surface area contributed by atoms with Gasteiger partial charge in [0.15, 0.2) is 0 Å². The van der Waals surface area contributed by atoms with Gasteiger partial charge in [-0.25, -0.2) is 18.1 Å². The van der Waals surface area contributed by atoms with Crippen LogP contribution in [-0.2, 0) is 53.5 Å². The summed E-state index contributed by atoms with van der Waals surface area (Å²) in [6.07, 6.45) is 6.41. The molecule has 67 heavy (non-hydrogen) atoms. The van der Waals surface area contributed by atoms with E-state index < -0.39 is 51.7 Å². The summed E-state index contributed by atoms with van der Waals surface area (Å²) in [5.74, 6) is -3.01. The highest BCUT2D eigenvalue weighted by Gasteiger charge is 2.30. The van der Waals surface area contributed by atoms with Crippen molar-refractivity contribution in [2.75, 3.05) is 33.2 Å². The van der Waals surface area contributed by atoms with Crippen molar-refractivity contribution < 1.29 is 37.5 Å². The third-order valence-electron chi connectivity index (χ3n) is 11.3. The molecule has 4 amide bonds. The van der Waals surface area contributed by atoms with Crippen LogP contribution in [0.2, 0.25) is 5.02 Å².